The second kappa shape index (κ2) is 6.40. The van der Waals surface area contributed by atoms with Crippen LogP contribution in [0.2, 0.25) is 15.2 Å². The molecular formula is C14H9Cl3N2O2. The van der Waals surface area contributed by atoms with Gasteiger partial charge in [-0.25, -0.2) is 4.98 Å². The number of methoxy groups -OCH3 is 2. The molecule has 0 aliphatic carbocycles. The lowest BCUT2D eigenvalue weighted by Crippen LogP contribution is -1.95. The highest BCUT2D eigenvalue weighted by Gasteiger charge is 2.20. The largest absolute Gasteiger partial charge is 0.495 e. The molecule has 1 aromatic carbocycles. The first kappa shape index (κ1) is 15.7. The van der Waals surface area contributed by atoms with Crippen molar-refractivity contribution in [2.75, 3.05) is 14.2 Å². The fraction of sp³-hybridized carbons (Fsp3) is 0.143. The Labute approximate surface area is 136 Å². The Hall–Kier alpha value is -1.67. The summed E-state index contributed by atoms with van der Waals surface area (Å²) in [5, 5.41) is 9.54. The quantitative estimate of drug-likeness (QED) is 0.764. The van der Waals surface area contributed by atoms with Gasteiger partial charge in [0.2, 0.25) is 0 Å². The Bertz CT molecular complexity index is 714. The smallest absolute Gasteiger partial charge is 0.147 e. The normalized spacial score (nSPS) is 10.1. The van der Waals surface area contributed by atoms with Crippen molar-refractivity contribution in [3.8, 4) is 28.8 Å². The third kappa shape index (κ3) is 2.86. The lowest BCUT2D eigenvalue weighted by atomic mass is 10.1. The number of pyridine rings is 1. The minimum Gasteiger partial charge on any atom is -0.495 e. The molecule has 0 saturated carbocycles. The summed E-state index contributed by atoms with van der Waals surface area (Å²) >= 11 is 18.5. The Morgan fingerprint density at radius 2 is 1.62 bits per heavy atom. The van der Waals surface area contributed by atoms with Gasteiger partial charge in [-0.2, -0.15) is 5.26 Å². The third-order valence-electron chi connectivity index (χ3n) is 2.80. The molecule has 0 aliphatic heterocycles. The molecular weight excluding hydrogens is 335 g/mol. The zero-order valence-electron chi connectivity index (χ0n) is 11.1. The maximum absolute atomic E-state index is 8.89. The van der Waals surface area contributed by atoms with Crippen LogP contribution in [0.1, 0.15) is 5.56 Å². The Kier molecular flexibility index (Phi) is 4.79. The van der Waals surface area contributed by atoms with E-state index in [0.717, 1.165) is 0 Å². The van der Waals surface area contributed by atoms with Crippen molar-refractivity contribution in [2.45, 2.75) is 0 Å². The summed E-state index contributed by atoms with van der Waals surface area (Å²) in [6.45, 7) is 0. The number of aromatic nitrogens is 1. The SMILES string of the molecule is COc1cc(OC)c(Cl)c(-c2ccc(C#N)c(Cl)n2)c1Cl. The van der Waals surface area contributed by atoms with Crippen LogP contribution in [0.25, 0.3) is 11.3 Å². The van der Waals surface area contributed by atoms with Gasteiger partial charge in [0, 0.05) is 11.6 Å². The zero-order chi connectivity index (χ0) is 15.6. The Balaban J connectivity index is 2.74. The summed E-state index contributed by atoms with van der Waals surface area (Å²) in [7, 11) is 2.97. The van der Waals surface area contributed by atoms with Gasteiger partial charge in [0.1, 0.15) is 22.7 Å². The second-order valence-corrected chi connectivity index (χ2v) is 5.04. The first-order valence-electron chi connectivity index (χ1n) is 5.70. The number of ether oxygens (including phenoxy) is 2. The van der Waals surface area contributed by atoms with Crippen molar-refractivity contribution in [1.29, 1.82) is 5.26 Å². The van der Waals surface area contributed by atoms with Gasteiger partial charge in [0.15, 0.2) is 0 Å². The second-order valence-electron chi connectivity index (χ2n) is 3.93. The highest BCUT2D eigenvalue weighted by Crippen LogP contribution is 2.45. The number of benzene rings is 1. The van der Waals surface area contributed by atoms with Gasteiger partial charge in [-0.15, -0.1) is 0 Å². The van der Waals surface area contributed by atoms with Crippen molar-refractivity contribution >= 4 is 34.8 Å². The highest BCUT2D eigenvalue weighted by molar-refractivity contribution is 6.41. The van der Waals surface area contributed by atoms with Crippen LogP contribution in [0.15, 0.2) is 18.2 Å². The van der Waals surface area contributed by atoms with E-state index >= 15 is 0 Å². The molecule has 0 bridgehead atoms. The molecule has 0 radical (unpaired) electrons. The molecule has 2 aromatic rings. The molecule has 0 fully saturated rings. The van der Waals surface area contributed by atoms with E-state index in [-0.39, 0.29) is 20.8 Å². The Morgan fingerprint density at radius 1 is 1.05 bits per heavy atom. The molecule has 0 amide bonds. The average Bonchev–Trinajstić information content (AvgIpc) is 2.48. The standard InChI is InChI=1S/C14H9Cl3N2O2/c1-20-9-5-10(21-2)13(16)11(12(9)15)8-4-3-7(6-18)14(17)19-8/h3-5H,1-2H3. The lowest BCUT2D eigenvalue weighted by molar-refractivity contribution is 0.395. The molecule has 21 heavy (non-hydrogen) atoms. The lowest BCUT2D eigenvalue weighted by Gasteiger charge is -2.14. The van der Waals surface area contributed by atoms with Gasteiger partial charge >= 0.3 is 0 Å². The maximum atomic E-state index is 8.89. The van der Waals surface area contributed by atoms with Crippen molar-refractivity contribution < 1.29 is 9.47 Å². The van der Waals surface area contributed by atoms with Crippen LogP contribution in [-0.4, -0.2) is 19.2 Å². The average molecular weight is 344 g/mol. The molecule has 108 valence electrons. The van der Waals surface area contributed by atoms with E-state index in [1.54, 1.807) is 18.2 Å². The van der Waals surface area contributed by atoms with Gasteiger partial charge < -0.3 is 9.47 Å². The number of nitriles is 1. The van der Waals surface area contributed by atoms with Crippen LogP contribution in [0.4, 0.5) is 0 Å². The molecule has 0 aliphatic rings. The monoisotopic (exact) mass is 342 g/mol. The van der Waals surface area contributed by atoms with Gasteiger partial charge in [0.05, 0.1) is 35.5 Å². The molecule has 7 heteroatoms. The maximum Gasteiger partial charge on any atom is 0.147 e. The van der Waals surface area contributed by atoms with E-state index < -0.39 is 0 Å². The van der Waals surface area contributed by atoms with E-state index in [9.17, 15) is 0 Å². The van der Waals surface area contributed by atoms with Crippen molar-refractivity contribution in [3.05, 3.63) is 39.0 Å². The van der Waals surface area contributed by atoms with E-state index in [1.165, 1.54) is 14.2 Å². The summed E-state index contributed by atoms with van der Waals surface area (Å²) in [6.07, 6.45) is 0. The summed E-state index contributed by atoms with van der Waals surface area (Å²) in [5.74, 6) is 0.797. The highest BCUT2D eigenvalue weighted by atomic mass is 35.5. The van der Waals surface area contributed by atoms with E-state index in [4.69, 9.17) is 49.5 Å². The number of nitrogens with zero attached hydrogens (tertiary/aromatic N) is 2. The molecule has 0 saturated heterocycles. The molecule has 1 aromatic heterocycles. The summed E-state index contributed by atoms with van der Waals surface area (Å²) < 4.78 is 10.4. The van der Waals surface area contributed by atoms with Crippen LogP contribution in [0, 0.1) is 11.3 Å². The van der Waals surface area contributed by atoms with Crippen LogP contribution in [0.3, 0.4) is 0 Å². The fourth-order valence-electron chi connectivity index (χ4n) is 1.77. The minimum atomic E-state index is 0.0731. The zero-order valence-corrected chi connectivity index (χ0v) is 13.3. The van der Waals surface area contributed by atoms with Gasteiger partial charge in [0.25, 0.3) is 0 Å². The fourth-order valence-corrected chi connectivity index (χ4v) is 2.66. The first-order valence-corrected chi connectivity index (χ1v) is 6.83. The molecule has 2 rings (SSSR count). The van der Waals surface area contributed by atoms with Gasteiger partial charge in [-0.3, -0.25) is 0 Å². The van der Waals surface area contributed by atoms with Crippen LogP contribution in [-0.2, 0) is 0 Å². The van der Waals surface area contributed by atoms with Crippen LogP contribution < -0.4 is 9.47 Å². The van der Waals surface area contributed by atoms with Crippen LogP contribution in [0.5, 0.6) is 11.5 Å². The molecule has 0 N–H and O–H groups in total. The molecule has 0 unspecified atom stereocenters. The third-order valence-corrected chi connectivity index (χ3v) is 3.84. The van der Waals surface area contributed by atoms with Crippen molar-refractivity contribution in [3.63, 3.8) is 0 Å². The number of hydrogen-bond donors (Lipinski definition) is 0. The molecule has 4 nitrogen and oxygen atoms in total. The van der Waals surface area contributed by atoms with E-state index in [1.807, 2.05) is 6.07 Å². The predicted octanol–water partition coefficient (Wildman–Crippen LogP) is 4.60. The summed E-state index contributed by atoms with van der Waals surface area (Å²) in [4.78, 5) is 4.15. The van der Waals surface area contributed by atoms with E-state index in [0.29, 0.717) is 22.8 Å². The number of hydrogen-bond acceptors (Lipinski definition) is 4. The molecule has 1 heterocycles. The van der Waals surface area contributed by atoms with Gasteiger partial charge in [-0.1, -0.05) is 34.8 Å². The van der Waals surface area contributed by atoms with Crippen LogP contribution >= 0.6 is 34.8 Å². The summed E-state index contributed by atoms with van der Waals surface area (Å²) in [5.41, 5.74) is 1.12. The van der Waals surface area contributed by atoms with Crippen molar-refractivity contribution in [1.82, 2.24) is 4.98 Å². The molecule has 0 atom stereocenters. The first-order chi connectivity index (χ1) is 10.0. The molecule has 0 spiro atoms. The minimum absolute atomic E-state index is 0.0731. The van der Waals surface area contributed by atoms with Crippen molar-refractivity contribution in [2.24, 2.45) is 0 Å². The predicted molar refractivity (Wildman–Crippen MR) is 82.5 cm³/mol. The summed E-state index contributed by atoms with van der Waals surface area (Å²) in [6, 6.07) is 6.67. The number of rotatable bonds is 3. The topological polar surface area (TPSA) is 55.1 Å². The van der Waals surface area contributed by atoms with Gasteiger partial charge in [-0.05, 0) is 12.1 Å². The Morgan fingerprint density at radius 3 is 2.05 bits per heavy atom. The van der Waals surface area contributed by atoms with E-state index in [2.05, 4.69) is 4.98 Å². The number of halogens is 3.